The Morgan fingerprint density at radius 1 is 1.29 bits per heavy atom. The monoisotopic (exact) mass is 379 g/mol. The summed E-state index contributed by atoms with van der Waals surface area (Å²) in [5, 5.41) is 8.15. The first-order valence-corrected chi connectivity index (χ1v) is 9.05. The minimum atomic E-state index is -0.181. The predicted molar refractivity (Wildman–Crippen MR) is 107 cm³/mol. The van der Waals surface area contributed by atoms with Gasteiger partial charge in [0.2, 0.25) is 5.91 Å². The van der Waals surface area contributed by atoms with Crippen molar-refractivity contribution < 1.29 is 9.21 Å². The summed E-state index contributed by atoms with van der Waals surface area (Å²) < 4.78 is 7.15. The SMILES string of the molecule is Cc1nc2ccc(NC(=O)CCc3c(C)c4c(C)nn(C)c4[nH]c3=O)cc2o1. The van der Waals surface area contributed by atoms with Gasteiger partial charge >= 0.3 is 0 Å². The Balaban J connectivity index is 1.52. The highest BCUT2D eigenvalue weighted by Gasteiger charge is 2.16. The molecule has 0 unspecified atom stereocenters. The number of hydrogen-bond donors (Lipinski definition) is 2. The lowest BCUT2D eigenvalue weighted by Crippen LogP contribution is -2.19. The number of aromatic amines is 1. The van der Waals surface area contributed by atoms with Crippen LogP contribution in [0.4, 0.5) is 5.69 Å². The molecule has 0 aliphatic rings. The number of oxazole rings is 1. The van der Waals surface area contributed by atoms with Crippen molar-refractivity contribution >= 4 is 33.7 Å². The molecule has 1 aromatic carbocycles. The average Bonchev–Trinajstić information content (AvgIpc) is 3.12. The molecule has 28 heavy (non-hydrogen) atoms. The van der Waals surface area contributed by atoms with E-state index in [1.807, 2.05) is 13.8 Å². The van der Waals surface area contributed by atoms with E-state index in [2.05, 4.69) is 20.4 Å². The van der Waals surface area contributed by atoms with Gasteiger partial charge in [0, 0.05) is 43.1 Å². The quantitative estimate of drug-likeness (QED) is 0.567. The highest BCUT2D eigenvalue weighted by Crippen LogP contribution is 2.22. The standard InChI is InChI=1S/C20H21N5O3/c1-10-14(20(27)23-19-18(10)11(2)24-25(19)4)6-8-17(26)22-13-5-7-15-16(9-13)28-12(3)21-15/h5,7,9H,6,8H2,1-4H3,(H,22,26)(H,23,27). The Kier molecular flexibility index (Phi) is 4.26. The zero-order chi connectivity index (χ0) is 20.0. The molecule has 0 aliphatic carbocycles. The average molecular weight is 379 g/mol. The zero-order valence-corrected chi connectivity index (χ0v) is 16.2. The van der Waals surface area contributed by atoms with Crippen LogP contribution in [0.2, 0.25) is 0 Å². The van der Waals surface area contributed by atoms with E-state index < -0.39 is 0 Å². The molecular formula is C20H21N5O3. The van der Waals surface area contributed by atoms with E-state index in [-0.39, 0.29) is 17.9 Å². The molecule has 0 atom stereocenters. The molecule has 144 valence electrons. The fourth-order valence-electron chi connectivity index (χ4n) is 3.64. The van der Waals surface area contributed by atoms with Crippen molar-refractivity contribution in [3.63, 3.8) is 0 Å². The molecule has 0 bridgehead atoms. The second-order valence-corrected chi connectivity index (χ2v) is 6.95. The van der Waals surface area contributed by atoms with Gasteiger partial charge in [0.05, 0.1) is 5.69 Å². The first-order valence-electron chi connectivity index (χ1n) is 9.05. The molecule has 2 N–H and O–H groups in total. The summed E-state index contributed by atoms with van der Waals surface area (Å²) in [6.07, 6.45) is 0.545. The molecule has 4 aromatic rings. The summed E-state index contributed by atoms with van der Waals surface area (Å²) in [7, 11) is 1.80. The zero-order valence-electron chi connectivity index (χ0n) is 16.2. The smallest absolute Gasteiger partial charge is 0.253 e. The van der Waals surface area contributed by atoms with Gasteiger partial charge in [-0.05, 0) is 38.0 Å². The maximum Gasteiger partial charge on any atom is 0.253 e. The molecule has 0 saturated carbocycles. The first-order chi connectivity index (χ1) is 13.3. The van der Waals surface area contributed by atoms with Crippen LogP contribution in [0.15, 0.2) is 27.4 Å². The number of pyridine rings is 1. The van der Waals surface area contributed by atoms with Crippen LogP contribution in [0, 0.1) is 20.8 Å². The predicted octanol–water partition coefficient (Wildman–Crippen LogP) is 2.90. The summed E-state index contributed by atoms with van der Waals surface area (Å²) in [4.78, 5) is 32.0. The highest BCUT2D eigenvalue weighted by molar-refractivity contribution is 5.93. The van der Waals surface area contributed by atoms with Crippen LogP contribution in [-0.2, 0) is 18.3 Å². The molecule has 1 amide bonds. The maximum absolute atomic E-state index is 12.5. The number of rotatable bonds is 4. The highest BCUT2D eigenvalue weighted by atomic mass is 16.3. The van der Waals surface area contributed by atoms with E-state index in [9.17, 15) is 9.59 Å². The number of fused-ring (bicyclic) bond motifs is 2. The third kappa shape index (κ3) is 3.06. The lowest BCUT2D eigenvalue weighted by Gasteiger charge is -2.08. The van der Waals surface area contributed by atoms with Gasteiger partial charge in [0.1, 0.15) is 11.2 Å². The third-order valence-electron chi connectivity index (χ3n) is 4.94. The molecule has 3 aromatic heterocycles. The topological polar surface area (TPSA) is 106 Å². The summed E-state index contributed by atoms with van der Waals surface area (Å²) in [6, 6.07) is 5.33. The Morgan fingerprint density at radius 3 is 2.86 bits per heavy atom. The van der Waals surface area contributed by atoms with Gasteiger partial charge in [0.15, 0.2) is 11.5 Å². The summed E-state index contributed by atoms with van der Waals surface area (Å²) >= 11 is 0. The van der Waals surface area contributed by atoms with Crippen molar-refractivity contribution in [2.24, 2.45) is 7.05 Å². The molecule has 8 nitrogen and oxygen atoms in total. The Morgan fingerprint density at radius 2 is 2.07 bits per heavy atom. The van der Waals surface area contributed by atoms with E-state index in [4.69, 9.17) is 4.42 Å². The molecule has 4 rings (SSSR count). The number of anilines is 1. The van der Waals surface area contributed by atoms with E-state index in [1.54, 1.807) is 36.9 Å². The number of nitrogens with one attached hydrogen (secondary N) is 2. The van der Waals surface area contributed by atoms with Crippen molar-refractivity contribution in [3.8, 4) is 0 Å². The van der Waals surface area contributed by atoms with E-state index >= 15 is 0 Å². The van der Waals surface area contributed by atoms with Crippen molar-refractivity contribution in [1.29, 1.82) is 0 Å². The molecule has 0 fully saturated rings. The summed E-state index contributed by atoms with van der Waals surface area (Å²) in [5.74, 6) is 0.409. The van der Waals surface area contributed by atoms with Crippen molar-refractivity contribution in [3.05, 3.63) is 51.3 Å². The number of H-pyrrole nitrogens is 1. The Hall–Kier alpha value is -3.42. The van der Waals surface area contributed by atoms with Gasteiger partial charge in [-0.3, -0.25) is 14.3 Å². The normalized spacial score (nSPS) is 11.4. The molecule has 8 heteroatoms. The van der Waals surface area contributed by atoms with Gasteiger partial charge in [-0.1, -0.05) is 0 Å². The summed E-state index contributed by atoms with van der Waals surface area (Å²) in [5.41, 5.74) is 4.86. The fraction of sp³-hybridized carbons (Fsp3) is 0.300. The van der Waals surface area contributed by atoms with Crippen LogP contribution in [-0.4, -0.2) is 25.7 Å². The molecule has 0 aliphatic heterocycles. The van der Waals surface area contributed by atoms with Gasteiger partial charge in [-0.25, -0.2) is 4.98 Å². The number of hydrogen-bond acceptors (Lipinski definition) is 5. The summed E-state index contributed by atoms with van der Waals surface area (Å²) in [6.45, 7) is 5.59. The van der Waals surface area contributed by atoms with Gasteiger partial charge in [0.25, 0.3) is 5.56 Å². The third-order valence-corrected chi connectivity index (χ3v) is 4.94. The maximum atomic E-state index is 12.5. The first kappa shape index (κ1) is 18.0. The van der Waals surface area contributed by atoms with E-state index in [0.29, 0.717) is 34.8 Å². The molecule has 3 heterocycles. The number of carbonyl (C=O) groups excluding carboxylic acids is 1. The molecular weight excluding hydrogens is 358 g/mol. The van der Waals surface area contributed by atoms with Crippen LogP contribution in [0.5, 0.6) is 0 Å². The minimum Gasteiger partial charge on any atom is -0.441 e. The van der Waals surface area contributed by atoms with Crippen molar-refractivity contribution in [1.82, 2.24) is 19.7 Å². The second-order valence-electron chi connectivity index (χ2n) is 6.95. The fourth-order valence-corrected chi connectivity index (χ4v) is 3.64. The lowest BCUT2D eigenvalue weighted by atomic mass is 10.0. The second kappa shape index (κ2) is 6.63. The number of amides is 1. The largest absolute Gasteiger partial charge is 0.441 e. The number of aromatic nitrogens is 4. The number of aryl methyl sites for hydroxylation is 4. The van der Waals surface area contributed by atoms with Gasteiger partial charge in [-0.2, -0.15) is 5.10 Å². The van der Waals surface area contributed by atoms with Crippen molar-refractivity contribution in [2.45, 2.75) is 33.6 Å². The molecule has 0 spiro atoms. The number of nitrogens with zero attached hydrogens (tertiary/aromatic N) is 3. The Labute approximate surface area is 160 Å². The molecule has 0 radical (unpaired) electrons. The van der Waals surface area contributed by atoms with Crippen LogP contribution in [0.3, 0.4) is 0 Å². The van der Waals surface area contributed by atoms with Gasteiger partial charge in [-0.15, -0.1) is 0 Å². The minimum absolute atomic E-state index is 0.169. The number of carbonyl (C=O) groups is 1. The van der Waals surface area contributed by atoms with Crippen LogP contribution < -0.4 is 10.9 Å². The molecule has 0 saturated heterocycles. The van der Waals surface area contributed by atoms with Crippen LogP contribution in [0.1, 0.15) is 29.1 Å². The van der Waals surface area contributed by atoms with E-state index in [1.165, 1.54) is 0 Å². The van der Waals surface area contributed by atoms with Crippen LogP contribution >= 0.6 is 0 Å². The van der Waals surface area contributed by atoms with Crippen molar-refractivity contribution in [2.75, 3.05) is 5.32 Å². The lowest BCUT2D eigenvalue weighted by molar-refractivity contribution is -0.116. The number of benzene rings is 1. The van der Waals surface area contributed by atoms with Gasteiger partial charge < -0.3 is 14.7 Å². The van der Waals surface area contributed by atoms with Crippen LogP contribution in [0.25, 0.3) is 22.1 Å². The van der Waals surface area contributed by atoms with E-state index in [0.717, 1.165) is 22.2 Å². The Bertz CT molecular complexity index is 1280.